The predicted octanol–water partition coefficient (Wildman–Crippen LogP) is 4.86. The molecule has 0 aliphatic carbocycles. The Balaban J connectivity index is 1.22. The Kier molecular flexibility index (Phi) is 8.98. The maximum absolute atomic E-state index is 13.4. The molecule has 50 heavy (non-hydrogen) atoms. The van der Waals surface area contributed by atoms with Gasteiger partial charge in [0.1, 0.15) is 40.7 Å². The number of nitrogens with one attached hydrogen (secondary N) is 1. The van der Waals surface area contributed by atoms with E-state index in [4.69, 9.17) is 23.7 Å². The van der Waals surface area contributed by atoms with Gasteiger partial charge in [0, 0.05) is 17.3 Å². The summed E-state index contributed by atoms with van der Waals surface area (Å²) in [5.74, 6) is 1.12. The van der Waals surface area contributed by atoms with Crippen molar-refractivity contribution in [3.63, 3.8) is 0 Å². The minimum atomic E-state index is -1.32. The van der Waals surface area contributed by atoms with E-state index in [1.807, 2.05) is 84.9 Å². The first kappa shape index (κ1) is 33.2. The van der Waals surface area contributed by atoms with Gasteiger partial charge in [-0.25, -0.2) is 4.79 Å². The number of aliphatic hydroxyl groups excluding tert-OH is 1. The topological polar surface area (TPSA) is 130 Å². The van der Waals surface area contributed by atoms with Crippen molar-refractivity contribution in [1.29, 1.82) is 0 Å². The number of carbonyl (C=O) groups excluding carboxylic acids is 1. The SMILES string of the molecule is COc1ccc(C(OC[C@@]23CO[C@@H]([C@H](n4cc(C)c(NC(=O)c5ccccc5)nc4=O)O2)[C@@H]3O)(c2ccccc2)c2ccc(OC)cc2)cc1. The zero-order chi connectivity index (χ0) is 34.9. The number of aliphatic hydroxyl groups is 1. The number of benzene rings is 4. The Morgan fingerprint density at radius 1 is 0.900 bits per heavy atom. The van der Waals surface area contributed by atoms with E-state index in [9.17, 15) is 14.7 Å². The van der Waals surface area contributed by atoms with Crippen molar-refractivity contribution in [2.45, 2.75) is 36.6 Å². The van der Waals surface area contributed by atoms with Crippen molar-refractivity contribution in [2.75, 3.05) is 32.8 Å². The molecule has 11 nitrogen and oxygen atoms in total. The van der Waals surface area contributed by atoms with E-state index in [1.165, 1.54) is 4.57 Å². The first-order valence-corrected chi connectivity index (χ1v) is 16.2. The van der Waals surface area contributed by atoms with Gasteiger partial charge in [-0.05, 0) is 60.0 Å². The molecule has 0 spiro atoms. The van der Waals surface area contributed by atoms with E-state index < -0.39 is 35.3 Å². The number of anilines is 1. The third-order valence-electron chi connectivity index (χ3n) is 9.39. The van der Waals surface area contributed by atoms with Gasteiger partial charge in [-0.1, -0.05) is 72.8 Å². The summed E-state index contributed by atoms with van der Waals surface area (Å²) in [6.45, 7) is 1.67. The van der Waals surface area contributed by atoms with Crippen LogP contribution in [-0.4, -0.2) is 65.8 Å². The monoisotopic (exact) mass is 675 g/mol. The lowest BCUT2D eigenvalue weighted by Crippen LogP contribution is -2.48. The Morgan fingerprint density at radius 2 is 1.46 bits per heavy atom. The number of aryl methyl sites for hydroxylation is 1. The summed E-state index contributed by atoms with van der Waals surface area (Å²) in [6.07, 6.45) is -1.43. The summed E-state index contributed by atoms with van der Waals surface area (Å²) in [4.78, 5) is 30.3. The van der Waals surface area contributed by atoms with Crippen LogP contribution in [0.1, 0.15) is 38.8 Å². The molecule has 1 aromatic heterocycles. The highest BCUT2D eigenvalue weighted by Crippen LogP contribution is 2.48. The van der Waals surface area contributed by atoms with Crippen LogP contribution in [0.4, 0.5) is 5.82 Å². The van der Waals surface area contributed by atoms with Gasteiger partial charge in [-0.15, -0.1) is 0 Å². The molecule has 4 aromatic carbocycles. The molecule has 0 radical (unpaired) electrons. The van der Waals surface area contributed by atoms with E-state index in [0.717, 1.165) is 16.7 Å². The van der Waals surface area contributed by atoms with Gasteiger partial charge < -0.3 is 34.1 Å². The Labute approximate surface area is 289 Å². The Morgan fingerprint density at radius 3 is 2.04 bits per heavy atom. The summed E-state index contributed by atoms with van der Waals surface area (Å²) in [5, 5.41) is 14.4. The maximum Gasteiger partial charge on any atom is 0.351 e. The van der Waals surface area contributed by atoms with Gasteiger partial charge in [0.25, 0.3) is 5.91 Å². The second-order valence-electron chi connectivity index (χ2n) is 12.4. The summed E-state index contributed by atoms with van der Waals surface area (Å²) in [7, 11) is 3.22. The highest BCUT2D eigenvalue weighted by Gasteiger charge is 2.63. The van der Waals surface area contributed by atoms with Crippen molar-refractivity contribution >= 4 is 11.7 Å². The number of hydrogen-bond acceptors (Lipinski definition) is 9. The molecule has 2 fully saturated rings. The van der Waals surface area contributed by atoms with Crippen LogP contribution in [0, 0.1) is 6.92 Å². The number of aromatic nitrogens is 2. The molecule has 3 heterocycles. The number of methoxy groups -OCH3 is 2. The summed E-state index contributed by atoms with van der Waals surface area (Å²) in [6, 6.07) is 33.7. The van der Waals surface area contributed by atoms with E-state index in [2.05, 4.69) is 10.3 Å². The number of carbonyl (C=O) groups is 1. The van der Waals surface area contributed by atoms with Crippen LogP contribution < -0.4 is 20.5 Å². The smallest absolute Gasteiger partial charge is 0.351 e. The first-order valence-electron chi connectivity index (χ1n) is 16.2. The molecule has 256 valence electrons. The normalized spacial score (nSPS) is 21.2. The maximum atomic E-state index is 13.4. The van der Waals surface area contributed by atoms with Crippen molar-refractivity contribution < 1.29 is 33.6 Å². The van der Waals surface area contributed by atoms with E-state index >= 15 is 0 Å². The van der Waals surface area contributed by atoms with Crippen molar-refractivity contribution in [1.82, 2.24) is 9.55 Å². The highest BCUT2D eigenvalue weighted by molar-refractivity contribution is 6.04. The second kappa shape index (κ2) is 13.5. The second-order valence-corrected chi connectivity index (χ2v) is 12.4. The van der Waals surface area contributed by atoms with Gasteiger partial charge in [-0.3, -0.25) is 9.36 Å². The van der Waals surface area contributed by atoms with Crippen molar-refractivity contribution in [2.24, 2.45) is 0 Å². The van der Waals surface area contributed by atoms with E-state index in [-0.39, 0.29) is 24.9 Å². The minimum absolute atomic E-state index is 0.0395. The third kappa shape index (κ3) is 5.84. The molecule has 2 aliphatic heterocycles. The number of amides is 1. The summed E-state index contributed by atoms with van der Waals surface area (Å²) in [5.41, 5.74) is 0.285. The third-order valence-corrected chi connectivity index (χ3v) is 9.39. The lowest BCUT2D eigenvalue weighted by molar-refractivity contribution is -0.204. The fourth-order valence-electron chi connectivity index (χ4n) is 6.69. The summed E-state index contributed by atoms with van der Waals surface area (Å²) < 4.78 is 31.9. The van der Waals surface area contributed by atoms with Crippen LogP contribution in [0.25, 0.3) is 0 Å². The molecule has 0 saturated carbocycles. The van der Waals surface area contributed by atoms with Gasteiger partial charge >= 0.3 is 5.69 Å². The summed E-state index contributed by atoms with van der Waals surface area (Å²) >= 11 is 0. The molecule has 11 heteroatoms. The fourth-order valence-corrected chi connectivity index (χ4v) is 6.69. The van der Waals surface area contributed by atoms with E-state index in [0.29, 0.717) is 22.6 Å². The predicted molar refractivity (Wildman–Crippen MR) is 184 cm³/mol. The van der Waals surface area contributed by atoms with Crippen LogP contribution in [0.3, 0.4) is 0 Å². The lowest BCUT2D eigenvalue weighted by atomic mass is 9.79. The zero-order valence-electron chi connectivity index (χ0n) is 27.8. The van der Waals surface area contributed by atoms with Crippen molar-refractivity contribution in [3.8, 4) is 11.5 Å². The van der Waals surface area contributed by atoms with Crippen LogP contribution in [-0.2, 0) is 19.8 Å². The molecule has 2 N–H and O–H groups in total. The average molecular weight is 676 g/mol. The quantitative estimate of drug-likeness (QED) is 0.189. The largest absolute Gasteiger partial charge is 0.497 e. The lowest BCUT2D eigenvalue weighted by Gasteiger charge is -2.39. The molecular formula is C39H37N3O8. The molecule has 5 aromatic rings. The van der Waals surface area contributed by atoms with Crippen LogP contribution >= 0.6 is 0 Å². The molecule has 1 amide bonds. The van der Waals surface area contributed by atoms with Gasteiger partial charge in [0.2, 0.25) is 0 Å². The van der Waals surface area contributed by atoms with Gasteiger partial charge in [-0.2, -0.15) is 4.98 Å². The molecule has 4 atom stereocenters. The number of hydrogen-bond donors (Lipinski definition) is 2. The molecule has 0 unspecified atom stereocenters. The average Bonchev–Trinajstić information content (AvgIpc) is 3.62. The van der Waals surface area contributed by atoms with E-state index in [1.54, 1.807) is 51.6 Å². The molecule has 2 aliphatic rings. The van der Waals surface area contributed by atoms with Crippen LogP contribution in [0.15, 0.2) is 120 Å². The zero-order valence-corrected chi connectivity index (χ0v) is 27.8. The number of nitrogens with zero attached hydrogens (tertiary/aromatic N) is 2. The van der Waals surface area contributed by atoms with Gasteiger partial charge in [0.15, 0.2) is 6.23 Å². The number of ether oxygens (including phenoxy) is 5. The number of rotatable bonds is 11. The fraction of sp³-hybridized carbons (Fsp3) is 0.256. The first-order chi connectivity index (χ1) is 24.3. The molecule has 7 rings (SSSR count). The minimum Gasteiger partial charge on any atom is -0.497 e. The Bertz CT molecular complexity index is 1970. The number of fused-ring (bicyclic) bond motifs is 2. The molecular weight excluding hydrogens is 638 g/mol. The molecule has 2 saturated heterocycles. The Hall–Kier alpha value is -5.33. The van der Waals surface area contributed by atoms with Crippen LogP contribution in [0.2, 0.25) is 0 Å². The standard InChI is InChI=1S/C39H37N3O8/c1-25-22-42(37(45)41-34(25)40-35(44)26-10-6-4-7-11-26)36-32-33(43)38(50-36,23-48-32)24-49-39(27-12-8-5-9-13-27,28-14-18-30(46-2)19-15-28)29-16-20-31(47-3)21-17-29/h4-22,32-33,36,43H,23-24H2,1-3H3,(H,40,41,44,45)/t32-,33+,36-,38-/m1/s1. The van der Waals surface area contributed by atoms with Crippen LogP contribution in [0.5, 0.6) is 11.5 Å². The molecule has 2 bridgehead atoms. The van der Waals surface area contributed by atoms with Crippen molar-refractivity contribution in [3.05, 3.63) is 154 Å². The highest BCUT2D eigenvalue weighted by atomic mass is 16.7. The van der Waals surface area contributed by atoms with Gasteiger partial charge in [0.05, 0.1) is 27.4 Å².